The van der Waals surface area contributed by atoms with Gasteiger partial charge in [0.25, 0.3) is 0 Å². The van der Waals surface area contributed by atoms with Gasteiger partial charge in [0, 0.05) is 11.6 Å². The lowest BCUT2D eigenvalue weighted by Gasteiger charge is -2.29. The van der Waals surface area contributed by atoms with Crippen LogP contribution in [0.2, 0.25) is 0 Å². The van der Waals surface area contributed by atoms with Gasteiger partial charge in [-0.05, 0) is 17.5 Å². The Balaban J connectivity index is 2.15. The van der Waals surface area contributed by atoms with Crippen molar-refractivity contribution in [2.24, 2.45) is 5.41 Å². The Morgan fingerprint density at radius 3 is 2.67 bits per heavy atom. The number of hydrogen-bond acceptors (Lipinski definition) is 3. The number of urea groups is 1. The molecule has 0 fully saturated rings. The number of anilines is 1. The number of aliphatic hydroxyl groups is 1. The SMILES string of the molecule is CC(C)(C)[C@@H](CO)NC(=O)Nc1cccc2cccnc12. The highest BCUT2D eigenvalue weighted by Gasteiger charge is 2.25. The molecule has 0 aliphatic rings. The standard InChI is InChI=1S/C16H21N3O2/c1-16(2,3)13(10-20)19-15(21)18-12-8-4-6-11-7-5-9-17-14(11)12/h4-9,13,20H,10H2,1-3H3,(H2,18,19,21)/t13-/m1/s1. The van der Waals surface area contributed by atoms with E-state index in [1.165, 1.54) is 0 Å². The summed E-state index contributed by atoms with van der Waals surface area (Å²) in [7, 11) is 0. The molecule has 1 heterocycles. The number of benzene rings is 1. The molecule has 21 heavy (non-hydrogen) atoms. The Kier molecular flexibility index (Phi) is 4.43. The van der Waals surface area contributed by atoms with E-state index in [0.29, 0.717) is 5.69 Å². The normalized spacial score (nSPS) is 13.0. The van der Waals surface area contributed by atoms with Crippen molar-refractivity contribution in [1.82, 2.24) is 10.3 Å². The summed E-state index contributed by atoms with van der Waals surface area (Å²) in [6.07, 6.45) is 1.69. The smallest absolute Gasteiger partial charge is 0.319 e. The van der Waals surface area contributed by atoms with E-state index in [1.54, 1.807) is 12.3 Å². The molecule has 0 unspecified atom stereocenters. The Bertz CT molecular complexity index is 629. The van der Waals surface area contributed by atoms with Crippen LogP contribution >= 0.6 is 0 Å². The van der Waals surface area contributed by atoms with E-state index in [2.05, 4.69) is 15.6 Å². The molecule has 5 heteroatoms. The first-order valence-corrected chi connectivity index (χ1v) is 6.94. The molecule has 1 aromatic heterocycles. The maximum atomic E-state index is 12.1. The van der Waals surface area contributed by atoms with Crippen LogP contribution < -0.4 is 10.6 Å². The average molecular weight is 287 g/mol. The highest BCUT2D eigenvalue weighted by Crippen LogP contribution is 2.21. The van der Waals surface area contributed by atoms with Crippen LogP contribution in [0.3, 0.4) is 0 Å². The first-order valence-electron chi connectivity index (χ1n) is 6.94. The molecule has 0 aliphatic carbocycles. The minimum atomic E-state index is -0.345. The summed E-state index contributed by atoms with van der Waals surface area (Å²) in [6, 6.07) is 8.75. The molecule has 1 atom stereocenters. The van der Waals surface area contributed by atoms with Gasteiger partial charge in [0.05, 0.1) is 23.9 Å². The van der Waals surface area contributed by atoms with Crippen LogP contribution in [-0.2, 0) is 0 Å². The van der Waals surface area contributed by atoms with Gasteiger partial charge in [-0.3, -0.25) is 4.98 Å². The topological polar surface area (TPSA) is 74.2 Å². The minimum absolute atomic E-state index is 0.106. The summed E-state index contributed by atoms with van der Waals surface area (Å²) in [6.45, 7) is 5.79. The zero-order valence-corrected chi connectivity index (χ0v) is 12.6. The van der Waals surface area contributed by atoms with Crippen molar-refractivity contribution < 1.29 is 9.90 Å². The quantitative estimate of drug-likeness (QED) is 0.812. The zero-order chi connectivity index (χ0) is 15.5. The molecule has 2 amide bonds. The number of aliphatic hydroxyl groups excluding tert-OH is 1. The number of pyridine rings is 1. The van der Waals surface area contributed by atoms with Gasteiger partial charge in [-0.15, -0.1) is 0 Å². The summed E-state index contributed by atoms with van der Waals surface area (Å²) >= 11 is 0. The lowest BCUT2D eigenvalue weighted by molar-refractivity contribution is 0.162. The van der Waals surface area contributed by atoms with Crippen LogP contribution in [0.4, 0.5) is 10.5 Å². The maximum Gasteiger partial charge on any atom is 0.319 e. The van der Waals surface area contributed by atoms with Crippen molar-refractivity contribution in [3.05, 3.63) is 36.5 Å². The zero-order valence-electron chi connectivity index (χ0n) is 12.6. The van der Waals surface area contributed by atoms with Gasteiger partial charge in [-0.25, -0.2) is 4.79 Å². The Morgan fingerprint density at radius 2 is 2.00 bits per heavy atom. The second kappa shape index (κ2) is 6.10. The first kappa shape index (κ1) is 15.3. The average Bonchev–Trinajstić information content (AvgIpc) is 2.44. The summed E-state index contributed by atoms with van der Waals surface area (Å²) in [5, 5.41) is 15.9. The van der Waals surface area contributed by atoms with Gasteiger partial charge in [0.1, 0.15) is 0 Å². The highest BCUT2D eigenvalue weighted by molar-refractivity contribution is 5.99. The minimum Gasteiger partial charge on any atom is -0.394 e. The lowest BCUT2D eigenvalue weighted by Crippen LogP contribution is -2.47. The van der Waals surface area contributed by atoms with Crippen molar-refractivity contribution in [3.63, 3.8) is 0 Å². The van der Waals surface area contributed by atoms with E-state index in [-0.39, 0.29) is 24.1 Å². The maximum absolute atomic E-state index is 12.1. The molecule has 0 bridgehead atoms. The molecule has 0 radical (unpaired) electrons. The number of carbonyl (C=O) groups excluding carboxylic acids is 1. The van der Waals surface area contributed by atoms with E-state index < -0.39 is 0 Å². The first-order chi connectivity index (χ1) is 9.91. The van der Waals surface area contributed by atoms with Gasteiger partial charge in [0.15, 0.2) is 0 Å². The van der Waals surface area contributed by atoms with Crippen LogP contribution in [0, 0.1) is 5.41 Å². The van der Waals surface area contributed by atoms with Crippen LogP contribution in [0.5, 0.6) is 0 Å². The Hall–Kier alpha value is -2.14. The number of para-hydroxylation sites is 1. The number of rotatable bonds is 3. The second-order valence-electron chi connectivity index (χ2n) is 6.08. The number of fused-ring (bicyclic) bond motifs is 1. The summed E-state index contributed by atoms with van der Waals surface area (Å²) in [5.41, 5.74) is 1.17. The van der Waals surface area contributed by atoms with Gasteiger partial charge >= 0.3 is 6.03 Å². The summed E-state index contributed by atoms with van der Waals surface area (Å²) in [4.78, 5) is 16.4. The number of carbonyl (C=O) groups is 1. The van der Waals surface area contributed by atoms with Crippen molar-refractivity contribution in [2.45, 2.75) is 26.8 Å². The van der Waals surface area contributed by atoms with Crippen LogP contribution in [0.25, 0.3) is 10.9 Å². The fraction of sp³-hybridized carbons (Fsp3) is 0.375. The third-order valence-electron chi connectivity index (χ3n) is 3.41. The summed E-state index contributed by atoms with van der Waals surface area (Å²) < 4.78 is 0. The molecular formula is C16H21N3O2. The Labute approximate surface area is 124 Å². The largest absolute Gasteiger partial charge is 0.394 e. The molecule has 112 valence electrons. The van der Waals surface area contributed by atoms with Crippen molar-refractivity contribution >= 4 is 22.6 Å². The predicted molar refractivity (Wildman–Crippen MR) is 84.2 cm³/mol. The van der Waals surface area contributed by atoms with E-state index in [0.717, 1.165) is 10.9 Å². The van der Waals surface area contributed by atoms with Crippen molar-refractivity contribution in [2.75, 3.05) is 11.9 Å². The van der Waals surface area contributed by atoms with Crippen LogP contribution in [0.1, 0.15) is 20.8 Å². The van der Waals surface area contributed by atoms with E-state index in [9.17, 15) is 9.90 Å². The number of aromatic nitrogens is 1. The van der Waals surface area contributed by atoms with Crippen LogP contribution in [-0.4, -0.2) is 28.8 Å². The number of nitrogens with zero attached hydrogens (tertiary/aromatic N) is 1. The molecule has 5 nitrogen and oxygen atoms in total. The fourth-order valence-corrected chi connectivity index (χ4v) is 2.06. The summed E-state index contributed by atoms with van der Waals surface area (Å²) in [5.74, 6) is 0. The Morgan fingerprint density at radius 1 is 1.29 bits per heavy atom. The molecule has 0 spiro atoms. The molecule has 3 N–H and O–H groups in total. The van der Waals surface area contributed by atoms with Crippen molar-refractivity contribution in [3.8, 4) is 0 Å². The fourth-order valence-electron chi connectivity index (χ4n) is 2.06. The predicted octanol–water partition coefficient (Wildman–Crippen LogP) is 2.76. The molecule has 0 saturated heterocycles. The lowest BCUT2D eigenvalue weighted by atomic mass is 9.87. The highest BCUT2D eigenvalue weighted by atomic mass is 16.3. The molecule has 2 rings (SSSR count). The molecular weight excluding hydrogens is 266 g/mol. The number of nitrogens with one attached hydrogen (secondary N) is 2. The van der Waals surface area contributed by atoms with Crippen LogP contribution in [0.15, 0.2) is 36.5 Å². The van der Waals surface area contributed by atoms with E-state index >= 15 is 0 Å². The van der Waals surface area contributed by atoms with Gasteiger partial charge in [-0.2, -0.15) is 0 Å². The second-order valence-corrected chi connectivity index (χ2v) is 6.08. The monoisotopic (exact) mass is 287 g/mol. The van der Waals surface area contributed by atoms with Crippen molar-refractivity contribution in [1.29, 1.82) is 0 Å². The van der Waals surface area contributed by atoms with E-state index in [1.807, 2.05) is 45.0 Å². The van der Waals surface area contributed by atoms with Gasteiger partial charge in [-0.1, -0.05) is 39.0 Å². The third kappa shape index (κ3) is 3.70. The molecule has 2 aromatic rings. The molecule has 1 aromatic carbocycles. The number of amides is 2. The van der Waals surface area contributed by atoms with Gasteiger partial charge in [0.2, 0.25) is 0 Å². The van der Waals surface area contributed by atoms with Gasteiger partial charge < -0.3 is 15.7 Å². The third-order valence-corrected chi connectivity index (χ3v) is 3.41. The number of hydrogen-bond donors (Lipinski definition) is 3. The molecule has 0 saturated carbocycles. The van der Waals surface area contributed by atoms with E-state index in [4.69, 9.17) is 0 Å². The molecule has 0 aliphatic heterocycles.